The van der Waals surface area contributed by atoms with Crippen LogP contribution in [0, 0.1) is 24.0 Å². The van der Waals surface area contributed by atoms with Gasteiger partial charge in [0.1, 0.15) is 6.33 Å². The first-order chi connectivity index (χ1) is 13.5. The zero-order chi connectivity index (χ0) is 21.4. The molecule has 1 fully saturated rings. The first-order valence-corrected chi connectivity index (χ1v) is 9.86. The van der Waals surface area contributed by atoms with Crippen molar-refractivity contribution in [3.8, 4) is 0 Å². The Bertz CT molecular complexity index is 909. The van der Waals surface area contributed by atoms with Gasteiger partial charge in [-0.2, -0.15) is 0 Å². The summed E-state index contributed by atoms with van der Waals surface area (Å²) in [6.45, 7) is 12.6. The maximum atomic E-state index is 11.9. The summed E-state index contributed by atoms with van der Waals surface area (Å²) in [5, 5.41) is 22.0. The number of benzene rings is 1. The summed E-state index contributed by atoms with van der Waals surface area (Å²) in [5.74, 6) is 0.435. The molecule has 8 heteroatoms. The van der Waals surface area contributed by atoms with Crippen molar-refractivity contribution in [2.45, 2.75) is 71.5 Å². The molecule has 0 unspecified atom stereocenters. The van der Waals surface area contributed by atoms with E-state index in [9.17, 15) is 10.1 Å². The number of nitrogens with one attached hydrogen (secondary N) is 3. The molecule has 1 aliphatic heterocycles. The van der Waals surface area contributed by atoms with Crippen LogP contribution in [0.5, 0.6) is 0 Å². The SMILES string of the molecule is Cc1cccc(Nc2ncnc(NC3CC(C)(C)NC(C)(C)C3)c2[N+](=O)[O-])c1C. The second kappa shape index (κ2) is 7.59. The van der Waals surface area contributed by atoms with Gasteiger partial charge in [0.05, 0.1) is 4.92 Å². The maximum Gasteiger partial charge on any atom is 0.353 e. The van der Waals surface area contributed by atoms with Crippen LogP contribution in [-0.2, 0) is 0 Å². The highest BCUT2D eigenvalue weighted by Crippen LogP contribution is 2.36. The summed E-state index contributed by atoms with van der Waals surface area (Å²) < 4.78 is 0. The molecule has 3 N–H and O–H groups in total. The van der Waals surface area contributed by atoms with Gasteiger partial charge in [0.15, 0.2) is 0 Å². The zero-order valence-corrected chi connectivity index (χ0v) is 18.0. The van der Waals surface area contributed by atoms with E-state index in [-0.39, 0.29) is 34.4 Å². The van der Waals surface area contributed by atoms with Crippen LogP contribution in [-0.4, -0.2) is 32.0 Å². The Balaban J connectivity index is 1.93. The standard InChI is InChI=1S/C21H30N6O2/c1-13-8-7-9-16(14(13)2)25-19-17(27(28)29)18(22-12-23-19)24-15-10-20(3,4)26-21(5,6)11-15/h7-9,12,15,26H,10-11H2,1-6H3,(H2,22,23,24,25). The molecule has 156 valence electrons. The largest absolute Gasteiger partial charge is 0.361 e. The van der Waals surface area contributed by atoms with Crippen molar-refractivity contribution in [3.63, 3.8) is 0 Å². The molecule has 0 spiro atoms. The van der Waals surface area contributed by atoms with E-state index in [1.807, 2.05) is 32.0 Å². The van der Waals surface area contributed by atoms with E-state index < -0.39 is 4.92 Å². The van der Waals surface area contributed by atoms with Gasteiger partial charge >= 0.3 is 5.69 Å². The Morgan fingerprint density at radius 2 is 1.72 bits per heavy atom. The minimum Gasteiger partial charge on any atom is -0.361 e. The highest BCUT2D eigenvalue weighted by atomic mass is 16.6. The molecular formula is C21H30N6O2. The van der Waals surface area contributed by atoms with Crippen molar-refractivity contribution in [1.82, 2.24) is 15.3 Å². The molecule has 1 saturated heterocycles. The third-order valence-corrected chi connectivity index (χ3v) is 5.39. The summed E-state index contributed by atoms with van der Waals surface area (Å²) in [6.07, 6.45) is 3.02. The van der Waals surface area contributed by atoms with Gasteiger partial charge in [-0.15, -0.1) is 0 Å². The van der Waals surface area contributed by atoms with Gasteiger partial charge in [-0.1, -0.05) is 12.1 Å². The molecule has 1 aliphatic rings. The fourth-order valence-electron chi connectivity index (χ4n) is 4.38. The summed E-state index contributed by atoms with van der Waals surface area (Å²) in [7, 11) is 0. The van der Waals surface area contributed by atoms with E-state index >= 15 is 0 Å². The van der Waals surface area contributed by atoms with Gasteiger partial charge in [0, 0.05) is 22.8 Å². The minimum absolute atomic E-state index is 0.0587. The number of nitrogens with zero attached hydrogens (tertiary/aromatic N) is 3. The first-order valence-electron chi connectivity index (χ1n) is 9.86. The van der Waals surface area contributed by atoms with Crippen molar-refractivity contribution in [1.29, 1.82) is 0 Å². The van der Waals surface area contributed by atoms with Crippen LogP contribution in [0.25, 0.3) is 0 Å². The molecule has 2 aromatic rings. The van der Waals surface area contributed by atoms with Crippen molar-refractivity contribution in [3.05, 3.63) is 45.8 Å². The molecule has 3 rings (SSSR count). The van der Waals surface area contributed by atoms with E-state index in [1.54, 1.807) is 0 Å². The van der Waals surface area contributed by atoms with Crippen molar-refractivity contribution >= 4 is 23.0 Å². The average Bonchev–Trinajstić information content (AvgIpc) is 2.56. The molecule has 0 bridgehead atoms. The summed E-state index contributed by atoms with van der Waals surface area (Å²) in [5.41, 5.74) is 2.62. The van der Waals surface area contributed by atoms with Gasteiger partial charge in [-0.3, -0.25) is 10.1 Å². The van der Waals surface area contributed by atoms with Gasteiger partial charge in [0.2, 0.25) is 11.6 Å². The second-order valence-corrected chi connectivity index (χ2v) is 9.19. The summed E-state index contributed by atoms with van der Waals surface area (Å²) in [4.78, 5) is 19.9. The summed E-state index contributed by atoms with van der Waals surface area (Å²) >= 11 is 0. The lowest BCUT2D eigenvalue weighted by Gasteiger charge is -2.46. The fraction of sp³-hybridized carbons (Fsp3) is 0.524. The highest BCUT2D eigenvalue weighted by molar-refractivity contribution is 5.75. The number of nitro groups is 1. The van der Waals surface area contributed by atoms with Crippen molar-refractivity contribution in [2.24, 2.45) is 0 Å². The molecule has 0 saturated carbocycles. The topological polar surface area (TPSA) is 105 Å². The molecule has 2 heterocycles. The molecule has 29 heavy (non-hydrogen) atoms. The molecule has 1 aromatic carbocycles. The monoisotopic (exact) mass is 398 g/mol. The number of rotatable bonds is 5. The summed E-state index contributed by atoms with van der Waals surface area (Å²) in [6, 6.07) is 5.86. The average molecular weight is 399 g/mol. The van der Waals surface area contributed by atoms with Crippen LogP contribution >= 0.6 is 0 Å². The smallest absolute Gasteiger partial charge is 0.353 e. The van der Waals surface area contributed by atoms with Gasteiger partial charge < -0.3 is 16.0 Å². The number of piperidine rings is 1. The van der Waals surface area contributed by atoms with Crippen LogP contribution in [0.2, 0.25) is 0 Å². The molecule has 0 radical (unpaired) electrons. The Morgan fingerprint density at radius 1 is 1.10 bits per heavy atom. The minimum atomic E-state index is -0.423. The van der Waals surface area contributed by atoms with E-state index in [0.29, 0.717) is 0 Å². The fourth-order valence-corrected chi connectivity index (χ4v) is 4.38. The maximum absolute atomic E-state index is 11.9. The molecular weight excluding hydrogens is 368 g/mol. The van der Waals surface area contributed by atoms with Crippen molar-refractivity contribution in [2.75, 3.05) is 10.6 Å². The van der Waals surface area contributed by atoms with Crippen LogP contribution in [0.4, 0.5) is 23.0 Å². The third-order valence-electron chi connectivity index (χ3n) is 5.39. The number of hydrogen-bond donors (Lipinski definition) is 3. The van der Waals surface area contributed by atoms with Crippen LogP contribution in [0.15, 0.2) is 24.5 Å². The van der Waals surface area contributed by atoms with Gasteiger partial charge in [-0.25, -0.2) is 9.97 Å². The second-order valence-electron chi connectivity index (χ2n) is 9.19. The van der Waals surface area contributed by atoms with Crippen molar-refractivity contribution < 1.29 is 4.92 Å². The van der Waals surface area contributed by atoms with Gasteiger partial charge in [-0.05, 0) is 71.6 Å². The Hall–Kier alpha value is -2.74. The molecule has 0 amide bonds. The van der Waals surface area contributed by atoms with E-state index in [1.165, 1.54) is 6.33 Å². The van der Waals surface area contributed by atoms with E-state index in [4.69, 9.17) is 0 Å². The number of anilines is 3. The van der Waals surface area contributed by atoms with E-state index in [0.717, 1.165) is 29.7 Å². The lowest BCUT2D eigenvalue weighted by atomic mass is 9.79. The van der Waals surface area contributed by atoms with E-state index in [2.05, 4.69) is 53.6 Å². The first kappa shape index (κ1) is 21.0. The molecule has 0 atom stereocenters. The molecule has 0 aliphatic carbocycles. The number of aryl methyl sites for hydroxylation is 1. The van der Waals surface area contributed by atoms with Crippen LogP contribution in [0.3, 0.4) is 0 Å². The Kier molecular flexibility index (Phi) is 5.49. The quantitative estimate of drug-likeness (QED) is 0.504. The van der Waals surface area contributed by atoms with Crippen LogP contribution in [0.1, 0.15) is 51.7 Å². The lowest BCUT2D eigenvalue weighted by Crippen LogP contribution is -2.60. The highest BCUT2D eigenvalue weighted by Gasteiger charge is 2.38. The third kappa shape index (κ3) is 4.82. The number of aromatic nitrogens is 2. The predicted molar refractivity (Wildman–Crippen MR) is 116 cm³/mol. The Morgan fingerprint density at radius 3 is 2.34 bits per heavy atom. The predicted octanol–water partition coefficient (Wildman–Crippen LogP) is 4.47. The zero-order valence-electron chi connectivity index (χ0n) is 18.0. The number of hydrogen-bond acceptors (Lipinski definition) is 7. The molecule has 1 aromatic heterocycles. The normalized spacial score (nSPS) is 18.3. The Labute approximate surface area is 171 Å². The van der Waals surface area contributed by atoms with Crippen LogP contribution < -0.4 is 16.0 Å². The molecule has 8 nitrogen and oxygen atoms in total. The lowest BCUT2D eigenvalue weighted by molar-refractivity contribution is -0.383. The van der Waals surface area contributed by atoms with Gasteiger partial charge in [0.25, 0.3) is 0 Å².